The molecule has 6 nitrogen and oxygen atoms in total. The minimum Gasteiger partial charge on any atom is -0.396 e. The van der Waals surface area contributed by atoms with Gasteiger partial charge < -0.3 is 10.0 Å². The molecule has 6 heteroatoms. The lowest BCUT2D eigenvalue weighted by Gasteiger charge is -2.39. The number of pyridine rings is 1. The molecule has 2 heterocycles. The molecule has 1 saturated heterocycles. The highest BCUT2D eigenvalue weighted by Crippen LogP contribution is 2.26. The van der Waals surface area contributed by atoms with Crippen LogP contribution >= 0.6 is 0 Å². The lowest BCUT2D eigenvalue weighted by Crippen LogP contribution is -2.48. The Hall–Kier alpha value is -1.69. The third-order valence-corrected chi connectivity index (χ3v) is 2.80. The van der Waals surface area contributed by atoms with Gasteiger partial charge in [-0.2, -0.15) is 0 Å². The first-order chi connectivity index (χ1) is 7.61. The number of rotatable bonds is 3. The first kappa shape index (κ1) is 10.8. The van der Waals surface area contributed by atoms with Crippen LogP contribution in [0.5, 0.6) is 0 Å². The van der Waals surface area contributed by atoms with Gasteiger partial charge in [-0.3, -0.25) is 10.1 Å². The zero-order valence-corrected chi connectivity index (χ0v) is 8.96. The highest BCUT2D eigenvalue weighted by atomic mass is 16.6. The molecule has 16 heavy (non-hydrogen) atoms. The van der Waals surface area contributed by atoms with Crippen LogP contribution in [0.4, 0.5) is 11.5 Å². The number of aromatic nitrogens is 1. The van der Waals surface area contributed by atoms with Crippen molar-refractivity contribution < 1.29 is 10.0 Å². The van der Waals surface area contributed by atoms with E-state index in [0.29, 0.717) is 11.5 Å². The fourth-order valence-corrected chi connectivity index (χ4v) is 1.77. The summed E-state index contributed by atoms with van der Waals surface area (Å²) in [5, 5.41) is 19.5. The summed E-state index contributed by atoms with van der Waals surface area (Å²) in [5.41, 5.74) is 0.658. The molecule has 0 spiro atoms. The molecule has 1 aromatic rings. The van der Waals surface area contributed by atoms with E-state index in [0.717, 1.165) is 18.9 Å². The van der Waals surface area contributed by atoms with Gasteiger partial charge in [0.25, 0.3) is 5.69 Å². The smallest absolute Gasteiger partial charge is 0.290 e. The minimum atomic E-state index is -0.432. The lowest BCUT2D eigenvalue weighted by molar-refractivity contribution is -0.385. The molecule has 1 aliphatic rings. The van der Waals surface area contributed by atoms with Gasteiger partial charge in [0.15, 0.2) is 0 Å². The maximum Gasteiger partial charge on any atom is 0.290 e. The summed E-state index contributed by atoms with van der Waals surface area (Å²) in [6, 6.07) is 1.71. The maximum atomic E-state index is 10.6. The fourth-order valence-electron chi connectivity index (χ4n) is 1.77. The van der Waals surface area contributed by atoms with Crippen LogP contribution in [0.25, 0.3) is 0 Å². The summed E-state index contributed by atoms with van der Waals surface area (Å²) in [7, 11) is 0. The summed E-state index contributed by atoms with van der Waals surface area (Å²) in [6.45, 7) is 3.41. The molecule has 1 fully saturated rings. The van der Waals surface area contributed by atoms with E-state index in [-0.39, 0.29) is 12.3 Å². The normalized spacial score (nSPS) is 16.0. The Bertz CT molecular complexity index is 416. The topological polar surface area (TPSA) is 79.5 Å². The Morgan fingerprint density at radius 1 is 1.69 bits per heavy atom. The predicted octanol–water partition coefficient (Wildman–Crippen LogP) is 0.727. The highest BCUT2D eigenvalue weighted by Gasteiger charge is 2.27. The van der Waals surface area contributed by atoms with Crippen LogP contribution in [-0.4, -0.2) is 34.7 Å². The largest absolute Gasteiger partial charge is 0.396 e. The molecular weight excluding hydrogens is 210 g/mol. The predicted molar refractivity (Wildman–Crippen MR) is 58.4 cm³/mol. The van der Waals surface area contributed by atoms with Crippen LogP contribution in [0.3, 0.4) is 0 Å². The first-order valence-corrected chi connectivity index (χ1v) is 5.08. The van der Waals surface area contributed by atoms with Gasteiger partial charge in [0.1, 0.15) is 12.0 Å². The molecule has 0 aromatic carbocycles. The van der Waals surface area contributed by atoms with Crippen molar-refractivity contribution in [3.8, 4) is 0 Å². The Morgan fingerprint density at radius 2 is 2.38 bits per heavy atom. The molecule has 0 bridgehead atoms. The zero-order chi connectivity index (χ0) is 11.7. The zero-order valence-electron chi connectivity index (χ0n) is 8.96. The van der Waals surface area contributed by atoms with Gasteiger partial charge in [-0.05, 0) is 13.0 Å². The Kier molecular flexibility index (Phi) is 2.74. The van der Waals surface area contributed by atoms with Gasteiger partial charge >= 0.3 is 0 Å². The van der Waals surface area contributed by atoms with Crippen molar-refractivity contribution in [3.05, 3.63) is 27.9 Å². The Morgan fingerprint density at radius 3 is 2.88 bits per heavy atom. The molecule has 0 saturated carbocycles. The molecule has 1 N–H and O–H groups in total. The van der Waals surface area contributed by atoms with Crippen LogP contribution in [0.15, 0.2) is 12.3 Å². The standard InChI is InChI=1S/C10H13N3O3/c1-7-2-10(11-3-9(7)13(15)16)12-4-8(5-12)6-14/h2-3,8,14H,4-6H2,1H3. The quantitative estimate of drug-likeness (QED) is 0.603. The van der Waals surface area contributed by atoms with E-state index in [1.807, 2.05) is 4.90 Å². The van der Waals surface area contributed by atoms with Crippen molar-refractivity contribution in [2.75, 3.05) is 24.6 Å². The van der Waals surface area contributed by atoms with Crippen molar-refractivity contribution in [2.24, 2.45) is 5.92 Å². The van der Waals surface area contributed by atoms with Gasteiger partial charge in [-0.1, -0.05) is 0 Å². The maximum absolute atomic E-state index is 10.6. The third-order valence-electron chi connectivity index (χ3n) is 2.80. The number of hydrogen-bond donors (Lipinski definition) is 1. The van der Waals surface area contributed by atoms with Crippen LogP contribution in [0.1, 0.15) is 5.56 Å². The van der Waals surface area contributed by atoms with Crippen molar-refractivity contribution in [1.29, 1.82) is 0 Å². The van der Waals surface area contributed by atoms with Gasteiger partial charge in [0, 0.05) is 31.2 Å². The third kappa shape index (κ3) is 1.83. The summed E-state index contributed by atoms with van der Waals surface area (Å²) >= 11 is 0. The molecule has 1 aliphatic heterocycles. The fraction of sp³-hybridized carbons (Fsp3) is 0.500. The average Bonchev–Trinajstić information content (AvgIpc) is 2.15. The van der Waals surface area contributed by atoms with Crippen LogP contribution in [0, 0.1) is 23.0 Å². The van der Waals surface area contributed by atoms with E-state index >= 15 is 0 Å². The number of hydrogen-bond acceptors (Lipinski definition) is 5. The Balaban J connectivity index is 2.13. The van der Waals surface area contributed by atoms with E-state index in [9.17, 15) is 10.1 Å². The molecule has 0 unspecified atom stereocenters. The molecule has 2 rings (SSSR count). The molecule has 0 radical (unpaired) electrons. The van der Waals surface area contributed by atoms with Crippen molar-refractivity contribution in [3.63, 3.8) is 0 Å². The minimum absolute atomic E-state index is 0.0444. The molecular formula is C10H13N3O3. The summed E-state index contributed by atoms with van der Waals surface area (Å²) in [6.07, 6.45) is 1.29. The van der Waals surface area contributed by atoms with E-state index in [4.69, 9.17) is 5.11 Å². The van der Waals surface area contributed by atoms with E-state index in [1.54, 1.807) is 13.0 Å². The highest BCUT2D eigenvalue weighted by molar-refractivity contribution is 5.50. The van der Waals surface area contributed by atoms with E-state index in [1.165, 1.54) is 6.20 Å². The number of aliphatic hydroxyl groups excluding tert-OH is 1. The van der Waals surface area contributed by atoms with Crippen LogP contribution in [0.2, 0.25) is 0 Å². The number of aryl methyl sites for hydroxylation is 1. The first-order valence-electron chi connectivity index (χ1n) is 5.08. The second kappa shape index (κ2) is 4.05. The second-order valence-electron chi connectivity index (χ2n) is 4.04. The molecule has 0 amide bonds. The van der Waals surface area contributed by atoms with Gasteiger partial charge in [-0.25, -0.2) is 4.98 Å². The van der Waals surface area contributed by atoms with Crippen LogP contribution in [-0.2, 0) is 0 Å². The van der Waals surface area contributed by atoms with Crippen molar-refractivity contribution >= 4 is 11.5 Å². The second-order valence-corrected chi connectivity index (χ2v) is 4.04. The Labute approximate surface area is 92.7 Å². The number of nitro groups is 1. The van der Waals surface area contributed by atoms with Gasteiger partial charge in [0.05, 0.1) is 4.92 Å². The van der Waals surface area contributed by atoms with Crippen molar-refractivity contribution in [2.45, 2.75) is 6.92 Å². The number of aliphatic hydroxyl groups is 1. The van der Waals surface area contributed by atoms with Crippen molar-refractivity contribution in [1.82, 2.24) is 4.98 Å². The number of anilines is 1. The molecule has 86 valence electrons. The molecule has 1 aromatic heterocycles. The summed E-state index contributed by atoms with van der Waals surface area (Å²) < 4.78 is 0. The number of nitrogens with zero attached hydrogens (tertiary/aromatic N) is 3. The van der Waals surface area contributed by atoms with Crippen LogP contribution < -0.4 is 4.90 Å². The molecule has 0 atom stereocenters. The summed E-state index contributed by atoms with van der Waals surface area (Å²) in [5.74, 6) is 1.05. The lowest BCUT2D eigenvalue weighted by atomic mass is 10.0. The molecule has 0 aliphatic carbocycles. The summed E-state index contributed by atoms with van der Waals surface area (Å²) in [4.78, 5) is 16.2. The van der Waals surface area contributed by atoms with Gasteiger partial charge in [0.2, 0.25) is 0 Å². The average molecular weight is 223 g/mol. The van der Waals surface area contributed by atoms with E-state index in [2.05, 4.69) is 4.98 Å². The van der Waals surface area contributed by atoms with Gasteiger partial charge in [-0.15, -0.1) is 0 Å². The van der Waals surface area contributed by atoms with E-state index < -0.39 is 4.92 Å². The SMILES string of the molecule is Cc1cc(N2CC(CO)C2)ncc1[N+](=O)[O-]. The monoisotopic (exact) mass is 223 g/mol.